The van der Waals surface area contributed by atoms with E-state index >= 15 is 0 Å². The fourth-order valence-corrected chi connectivity index (χ4v) is 2.48. The Bertz CT molecular complexity index is 572. The highest BCUT2D eigenvalue weighted by molar-refractivity contribution is 5.94. The monoisotopic (exact) mass is 313 g/mol. The molecule has 1 aliphatic rings. The summed E-state index contributed by atoms with van der Waals surface area (Å²) in [5, 5.41) is 11.2. The average molecular weight is 313 g/mol. The van der Waals surface area contributed by atoms with Crippen molar-refractivity contribution < 1.29 is 28.2 Å². The fourth-order valence-electron chi connectivity index (χ4n) is 2.48. The molecule has 1 aliphatic carbocycles. The zero-order valence-corrected chi connectivity index (χ0v) is 12.0. The molecule has 0 aliphatic heterocycles. The van der Waals surface area contributed by atoms with Crippen LogP contribution >= 0.6 is 0 Å². The number of ether oxygens (including phenoxy) is 1. The van der Waals surface area contributed by atoms with Crippen molar-refractivity contribution in [1.29, 1.82) is 0 Å². The third-order valence-corrected chi connectivity index (χ3v) is 3.82. The lowest BCUT2D eigenvalue weighted by atomic mass is 9.93. The standard InChI is InChI=1S/C15H17F2NO4/c1-22-11-5-3-2-4-9(11)15(6-7-15)14(21)18-10(13(19)20)8-12(16)17/h2-5,10,12H,6-8H2,1H3,(H,18,21)(H,19,20). The number of benzene rings is 1. The summed E-state index contributed by atoms with van der Waals surface area (Å²) in [5.74, 6) is -1.49. The molecule has 120 valence electrons. The number of carboxylic acid groups (broad SMARTS) is 1. The second-order valence-electron chi connectivity index (χ2n) is 5.27. The Morgan fingerprint density at radius 2 is 2.00 bits per heavy atom. The highest BCUT2D eigenvalue weighted by Gasteiger charge is 2.53. The van der Waals surface area contributed by atoms with E-state index in [-0.39, 0.29) is 0 Å². The van der Waals surface area contributed by atoms with Gasteiger partial charge in [-0.25, -0.2) is 13.6 Å². The third kappa shape index (κ3) is 3.18. The summed E-state index contributed by atoms with van der Waals surface area (Å²) < 4.78 is 30.1. The first kappa shape index (κ1) is 16.2. The quantitative estimate of drug-likeness (QED) is 0.807. The molecule has 1 amide bonds. The largest absolute Gasteiger partial charge is 0.496 e. The molecule has 22 heavy (non-hydrogen) atoms. The van der Waals surface area contributed by atoms with Crippen LogP contribution in [-0.2, 0) is 15.0 Å². The van der Waals surface area contributed by atoms with Crippen molar-refractivity contribution in [2.24, 2.45) is 0 Å². The van der Waals surface area contributed by atoms with Crippen molar-refractivity contribution in [3.05, 3.63) is 29.8 Å². The molecule has 0 spiro atoms. The summed E-state index contributed by atoms with van der Waals surface area (Å²) in [7, 11) is 1.48. The van der Waals surface area contributed by atoms with Crippen molar-refractivity contribution in [3.63, 3.8) is 0 Å². The van der Waals surface area contributed by atoms with Gasteiger partial charge in [0.15, 0.2) is 0 Å². The van der Waals surface area contributed by atoms with Crippen molar-refractivity contribution >= 4 is 11.9 Å². The number of hydrogen-bond acceptors (Lipinski definition) is 3. The number of rotatable bonds is 7. The number of aliphatic carboxylic acids is 1. The summed E-state index contributed by atoms with van der Waals surface area (Å²) in [5.41, 5.74) is -0.237. The highest BCUT2D eigenvalue weighted by atomic mass is 19.3. The van der Waals surface area contributed by atoms with Crippen LogP contribution in [0.2, 0.25) is 0 Å². The molecule has 2 N–H and O–H groups in total. The molecule has 0 heterocycles. The number of carbonyl (C=O) groups is 2. The molecule has 1 atom stereocenters. The van der Waals surface area contributed by atoms with Gasteiger partial charge in [0.2, 0.25) is 12.3 Å². The van der Waals surface area contributed by atoms with Gasteiger partial charge in [0.25, 0.3) is 0 Å². The molecule has 1 aromatic rings. The van der Waals surface area contributed by atoms with Gasteiger partial charge < -0.3 is 15.2 Å². The van der Waals surface area contributed by atoms with E-state index in [0.717, 1.165) is 0 Å². The number of hydrogen-bond donors (Lipinski definition) is 2. The first-order chi connectivity index (χ1) is 10.4. The van der Waals surface area contributed by atoms with Gasteiger partial charge in [0, 0.05) is 12.0 Å². The summed E-state index contributed by atoms with van der Waals surface area (Å²) in [6, 6.07) is 5.34. The number of methoxy groups -OCH3 is 1. The molecular weight excluding hydrogens is 296 g/mol. The molecule has 0 radical (unpaired) electrons. The lowest BCUT2D eigenvalue weighted by Crippen LogP contribution is -2.46. The maximum Gasteiger partial charge on any atom is 0.326 e. The van der Waals surface area contributed by atoms with Crippen LogP contribution in [0.3, 0.4) is 0 Å². The van der Waals surface area contributed by atoms with Gasteiger partial charge in [-0.2, -0.15) is 0 Å². The van der Waals surface area contributed by atoms with Gasteiger partial charge in [0.1, 0.15) is 11.8 Å². The van der Waals surface area contributed by atoms with E-state index in [1.54, 1.807) is 24.3 Å². The Hall–Kier alpha value is -2.18. The van der Waals surface area contributed by atoms with E-state index in [2.05, 4.69) is 5.32 Å². The highest BCUT2D eigenvalue weighted by Crippen LogP contribution is 2.51. The average Bonchev–Trinajstić information content (AvgIpc) is 3.27. The molecule has 0 saturated heterocycles. The van der Waals surface area contributed by atoms with Gasteiger partial charge in [-0.1, -0.05) is 18.2 Å². The van der Waals surface area contributed by atoms with Crippen molar-refractivity contribution in [1.82, 2.24) is 5.32 Å². The lowest BCUT2D eigenvalue weighted by Gasteiger charge is -2.21. The number of carboxylic acids is 1. The smallest absolute Gasteiger partial charge is 0.326 e. The Kier molecular flexibility index (Phi) is 4.63. The predicted molar refractivity (Wildman–Crippen MR) is 74.1 cm³/mol. The Labute approximate surface area is 126 Å². The van der Waals surface area contributed by atoms with Crippen molar-refractivity contribution in [3.8, 4) is 5.75 Å². The van der Waals surface area contributed by atoms with Gasteiger partial charge in [0.05, 0.1) is 12.5 Å². The molecule has 1 aromatic carbocycles. The molecule has 5 nitrogen and oxygen atoms in total. The Balaban J connectivity index is 2.19. The van der Waals surface area contributed by atoms with Crippen LogP contribution in [0, 0.1) is 0 Å². The second-order valence-corrected chi connectivity index (χ2v) is 5.27. The fraction of sp³-hybridized carbons (Fsp3) is 0.467. The van der Waals surface area contributed by atoms with E-state index in [1.807, 2.05) is 0 Å². The molecule has 1 unspecified atom stereocenters. The molecule has 2 rings (SSSR count). The zero-order chi connectivity index (χ0) is 16.3. The zero-order valence-electron chi connectivity index (χ0n) is 12.0. The van der Waals surface area contributed by atoms with E-state index in [1.165, 1.54) is 7.11 Å². The summed E-state index contributed by atoms with van der Waals surface area (Å²) in [4.78, 5) is 23.4. The summed E-state index contributed by atoms with van der Waals surface area (Å²) in [6.07, 6.45) is -2.66. The molecule has 1 fully saturated rings. The van der Waals surface area contributed by atoms with Crippen molar-refractivity contribution in [2.45, 2.75) is 37.1 Å². The van der Waals surface area contributed by atoms with Crippen LogP contribution in [0.25, 0.3) is 0 Å². The Morgan fingerprint density at radius 1 is 1.36 bits per heavy atom. The number of nitrogens with one attached hydrogen (secondary N) is 1. The number of amides is 1. The van der Waals surface area contributed by atoms with Crippen molar-refractivity contribution in [2.75, 3.05) is 7.11 Å². The first-order valence-electron chi connectivity index (χ1n) is 6.86. The van der Waals surface area contributed by atoms with E-state index in [0.29, 0.717) is 24.2 Å². The molecule has 0 bridgehead atoms. The van der Waals surface area contributed by atoms with Crippen LogP contribution in [0.15, 0.2) is 24.3 Å². The van der Waals surface area contributed by atoms with Crippen LogP contribution in [-0.4, -0.2) is 36.6 Å². The van der Waals surface area contributed by atoms with E-state index < -0.39 is 36.2 Å². The van der Waals surface area contributed by atoms with Crippen LogP contribution < -0.4 is 10.1 Å². The SMILES string of the molecule is COc1ccccc1C1(C(=O)NC(CC(F)F)C(=O)O)CC1. The maximum atomic E-state index is 12.4. The Morgan fingerprint density at radius 3 is 2.50 bits per heavy atom. The number of para-hydroxylation sites is 1. The van der Waals surface area contributed by atoms with Gasteiger partial charge in [-0.05, 0) is 18.9 Å². The van der Waals surface area contributed by atoms with Crippen LogP contribution in [0.1, 0.15) is 24.8 Å². The maximum absolute atomic E-state index is 12.4. The minimum atomic E-state index is -2.80. The van der Waals surface area contributed by atoms with Gasteiger partial charge in [-0.3, -0.25) is 4.79 Å². The minimum absolute atomic E-state index is 0.524. The van der Waals surface area contributed by atoms with Gasteiger partial charge in [-0.15, -0.1) is 0 Å². The van der Waals surface area contributed by atoms with E-state index in [9.17, 15) is 18.4 Å². The predicted octanol–water partition coefficient (Wildman–Crippen LogP) is 1.95. The summed E-state index contributed by atoms with van der Waals surface area (Å²) >= 11 is 0. The molecule has 0 aromatic heterocycles. The van der Waals surface area contributed by atoms with Crippen LogP contribution in [0.5, 0.6) is 5.75 Å². The molecule has 1 saturated carbocycles. The molecular formula is C15H17F2NO4. The first-order valence-corrected chi connectivity index (χ1v) is 6.86. The van der Waals surface area contributed by atoms with Gasteiger partial charge >= 0.3 is 5.97 Å². The minimum Gasteiger partial charge on any atom is -0.496 e. The lowest BCUT2D eigenvalue weighted by molar-refractivity contribution is -0.143. The van der Waals surface area contributed by atoms with E-state index in [4.69, 9.17) is 9.84 Å². The third-order valence-electron chi connectivity index (χ3n) is 3.82. The van der Waals surface area contributed by atoms with Crippen LogP contribution in [0.4, 0.5) is 8.78 Å². The topological polar surface area (TPSA) is 75.6 Å². The normalized spacial score (nSPS) is 16.9. The second kappa shape index (κ2) is 6.29. The number of alkyl halides is 2. The number of halogens is 2. The summed E-state index contributed by atoms with van der Waals surface area (Å²) in [6.45, 7) is 0. The molecule has 7 heteroatoms. The number of carbonyl (C=O) groups excluding carboxylic acids is 1.